The lowest BCUT2D eigenvalue weighted by molar-refractivity contribution is -0.128. The van der Waals surface area contributed by atoms with Gasteiger partial charge in [-0.2, -0.15) is 0 Å². The Hall–Kier alpha value is -2.69. The molecule has 1 N–H and O–H groups in total. The summed E-state index contributed by atoms with van der Waals surface area (Å²) in [5.41, 5.74) is 2.95. The van der Waals surface area contributed by atoms with Crippen molar-refractivity contribution in [1.82, 2.24) is 10.2 Å². The van der Waals surface area contributed by atoms with Crippen LogP contribution in [0.15, 0.2) is 48.5 Å². The number of likely N-dealkylation sites (tertiary alicyclic amines) is 1. The predicted molar refractivity (Wildman–Crippen MR) is 103 cm³/mol. The van der Waals surface area contributed by atoms with Gasteiger partial charge in [-0.05, 0) is 34.7 Å². The van der Waals surface area contributed by atoms with Crippen molar-refractivity contribution >= 4 is 11.8 Å². The van der Waals surface area contributed by atoms with E-state index in [2.05, 4.69) is 19.2 Å². The van der Waals surface area contributed by atoms with E-state index in [1.807, 2.05) is 24.3 Å². The summed E-state index contributed by atoms with van der Waals surface area (Å²) in [6.07, 6.45) is 0.584. The van der Waals surface area contributed by atoms with E-state index in [1.165, 1.54) is 17.7 Å². The van der Waals surface area contributed by atoms with Gasteiger partial charge in [-0.3, -0.25) is 9.59 Å². The van der Waals surface area contributed by atoms with Gasteiger partial charge in [-0.15, -0.1) is 0 Å². The Balaban J connectivity index is 1.52. The van der Waals surface area contributed by atoms with Crippen LogP contribution in [0.4, 0.5) is 4.39 Å². The molecule has 0 aromatic heterocycles. The Morgan fingerprint density at radius 1 is 1.19 bits per heavy atom. The molecule has 27 heavy (non-hydrogen) atoms. The maximum atomic E-state index is 13.3. The number of amides is 2. The molecule has 3 rings (SSSR count). The average molecular weight is 368 g/mol. The minimum absolute atomic E-state index is 0.0224. The number of carbonyl (C=O) groups is 2. The Morgan fingerprint density at radius 3 is 2.59 bits per heavy atom. The maximum Gasteiger partial charge on any atom is 0.225 e. The zero-order valence-electron chi connectivity index (χ0n) is 15.7. The molecule has 0 unspecified atom stereocenters. The smallest absolute Gasteiger partial charge is 0.225 e. The van der Waals surface area contributed by atoms with Crippen LogP contribution >= 0.6 is 0 Å². The zero-order chi connectivity index (χ0) is 19.4. The SMILES string of the molecule is CC(C)c1ccc(CC(=O)N[C@H]2CC(=O)N(Cc3cccc(F)c3)C2)cc1. The molecule has 0 spiro atoms. The van der Waals surface area contributed by atoms with Gasteiger partial charge in [0.25, 0.3) is 0 Å². The van der Waals surface area contributed by atoms with Gasteiger partial charge in [0.2, 0.25) is 11.8 Å². The van der Waals surface area contributed by atoms with Gasteiger partial charge < -0.3 is 10.2 Å². The number of halogens is 1. The van der Waals surface area contributed by atoms with Crippen molar-refractivity contribution in [2.45, 2.75) is 45.2 Å². The summed E-state index contributed by atoms with van der Waals surface area (Å²) in [6, 6.07) is 14.1. The lowest BCUT2D eigenvalue weighted by Crippen LogP contribution is -2.37. The van der Waals surface area contributed by atoms with Crippen molar-refractivity contribution < 1.29 is 14.0 Å². The summed E-state index contributed by atoms with van der Waals surface area (Å²) in [5, 5.41) is 2.95. The van der Waals surface area contributed by atoms with Crippen molar-refractivity contribution in [2.75, 3.05) is 6.54 Å². The van der Waals surface area contributed by atoms with E-state index in [9.17, 15) is 14.0 Å². The van der Waals surface area contributed by atoms with Crippen LogP contribution in [0.2, 0.25) is 0 Å². The first-order valence-electron chi connectivity index (χ1n) is 9.31. The third-order valence-electron chi connectivity index (χ3n) is 4.85. The number of hydrogen-bond acceptors (Lipinski definition) is 2. The Morgan fingerprint density at radius 2 is 1.93 bits per heavy atom. The van der Waals surface area contributed by atoms with Crippen molar-refractivity contribution in [2.24, 2.45) is 0 Å². The van der Waals surface area contributed by atoms with Crippen LogP contribution in [0, 0.1) is 5.82 Å². The second-order valence-electron chi connectivity index (χ2n) is 7.45. The summed E-state index contributed by atoms with van der Waals surface area (Å²) < 4.78 is 13.3. The first-order chi connectivity index (χ1) is 12.9. The Kier molecular flexibility index (Phi) is 5.89. The third kappa shape index (κ3) is 5.16. The molecule has 2 aromatic rings. The molecule has 1 aliphatic heterocycles. The van der Waals surface area contributed by atoms with Crippen LogP contribution in [0.5, 0.6) is 0 Å². The van der Waals surface area contributed by atoms with Gasteiger partial charge in [0.15, 0.2) is 0 Å². The minimum Gasteiger partial charge on any atom is -0.351 e. The molecule has 5 heteroatoms. The largest absolute Gasteiger partial charge is 0.351 e. The molecule has 0 aliphatic carbocycles. The van der Waals surface area contributed by atoms with E-state index in [4.69, 9.17) is 0 Å². The maximum absolute atomic E-state index is 13.3. The fourth-order valence-electron chi connectivity index (χ4n) is 3.36. The highest BCUT2D eigenvalue weighted by Gasteiger charge is 2.30. The quantitative estimate of drug-likeness (QED) is 0.849. The van der Waals surface area contributed by atoms with E-state index < -0.39 is 0 Å². The third-order valence-corrected chi connectivity index (χ3v) is 4.85. The molecule has 2 aromatic carbocycles. The summed E-state index contributed by atoms with van der Waals surface area (Å²) >= 11 is 0. The molecule has 1 saturated heterocycles. The molecule has 1 heterocycles. The molecule has 2 amide bonds. The van der Waals surface area contributed by atoms with Crippen LogP contribution in [-0.4, -0.2) is 29.3 Å². The molecular weight excluding hydrogens is 343 g/mol. The van der Waals surface area contributed by atoms with Crippen LogP contribution in [0.1, 0.15) is 42.9 Å². The topological polar surface area (TPSA) is 49.4 Å². The summed E-state index contributed by atoms with van der Waals surface area (Å²) in [7, 11) is 0. The molecule has 142 valence electrons. The predicted octanol–water partition coefficient (Wildman–Crippen LogP) is 3.41. The van der Waals surface area contributed by atoms with Crippen molar-refractivity contribution in [3.63, 3.8) is 0 Å². The molecule has 1 atom stereocenters. The summed E-state index contributed by atoms with van der Waals surface area (Å²) in [4.78, 5) is 26.2. The number of nitrogens with zero attached hydrogens (tertiary/aromatic N) is 1. The van der Waals surface area contributed by atoms with Crippen molar-refractivity contribution in [3.8, 4) is 0 Å². The molecule has 0 radical (unpaired) electrons. The monoisotopic (exact) mass is 368 g/mol. The summed E-state index contributed by atoms with van der Waals surface area (Å²) in [5.74, 6) is 0.0393. The first kappa shape index (κ1) is 19.1. The van der Waals surface area contributed by atoms with Gasteiger partial charge in [-0.1, -0.05) is 50.2 Å². The second-order valence-corrected chi connectivity index (χ2v) is 7.45. The van der Waals surface area contributed by atoms with E-state index in [-0.39, 0.29) is 30.1 Å². The fraction of sp³-hybridized carbons (Fsp3) is 0.364. The van der Waals surface area contributed by atoms with E-state index >= 15 is 0 Å². The van der Waals surface area contributed by atoms with Crippen molar-refractivity contribution in [3.05, 3.63) is 71.0 Å². The molecule has 0 bridgehead atoms. The van der Waals surface area contributed by atoms with Gasteiger partial charge in [0.05, 0.1) is 12.5 Å². The summed E-state index contributed by atoms with van der Waals surface area (Å²) in [6.45, 7) is 5.08. The highest BCUT2D eigenvalue weighted by molar-refractivity contribution is 5.83. The highest BCUT2D eigenvalue weighted by Crippen LogP contribution is 2.17. The lowest BCUT2D eigenvalue weighted by atomic mass is 10.0. The average Bonchev–Trinajstić information content (AvgIpc) is 2.94. The molecular formula is C22H25FN2O2. The minimum atomic E-state index is -0.313. The Labute approximate surface area is 159 Å². The molecule has 4 nitrogen and oxygen atoms in total. The van der Waals surface area contributed by atoms with Gasteiger partial charge >= 0.3 is 0 Å². The van der Waals surface area contributed by atoms with E-state index in [0.29, 0.717) is 25.4 Å². The number of rotatable bonds is 6. The number of carbonyl (C=O) groups excluding carboxylic acids is 2. The number of hydrogen-bond donors (Lipinski definition) is 1. The van der Waals surface area contributed by atoms with Crippen molar-refractivity contribution in [1.29, 1.82) is 0 Å². The highest BCUT2D eigenvalue weighted by atomic mass is 19.1. The van der Waals surface area contributed by atoms with Gasteiger partial charge in [0, 0.05) is 19.5 Å². The molecule has 1 fully saturated rings. The van der Waals surface area contributed by atoms with E-state index in [0.717, 1.165) is 11.1 Å². The number of nitrogens with one attached hydrogen (secondary N) is 1. The van der Waals surface area contributed by atoms with Gasteiger partial charge in [0.1, 0.15) is 5.82 Å². The fourth-order valence-corrected chi connectivity index (χ4v) is 3.36. The molecule has 0 saturated carbocycles. The zero-order valence-corrected chi connectivity index (χ0v) is 15.7. The van der Waals surface area contributed by atoms with Crippen LogP contribution in [0.25, 0.3) is 0 Å². The molecule has 1 aliphatic rings. The van der Waals surface area contributed by atoms with Crippen LogP contribution < -0.4 is 5.32 Å². The van der Waals surface area contributed by atoms with Gasteiger partial charge in [-0.25, -0.2) is 4.39 Å². The van der Waals surface area contributed by atoms with Crippen LogP contribution in [-0.2, 0) is 22.6 Å². The van der Waals surface area contributed by atoms with Crippen LogP contribution in [0.3, 0.4) is 0 Å². The second kappa shape index (κ2) is 8.33. The lowest BCUT2D eigenvalue weighted by Gasteiger charge is -2.17. The number of benzene rings is 2. The normalized spacial score (nSPS) is 16.8. The first-order valence-corrected chi connectivity index (χ1v) is 9.31. The van der Waals surface area contributed by atoms with E-state index in [1.54, 1.807) is 17.0 Å². The standard InChI is InChI=1S/C22H25FN2O2/c1-15(2)18-8-6-16(7-9-18)11-21(26)24-20-12-22(27)25(14-20)13-17-4-3-5-19(23)10-17/h3-10,15,20H,11-14H2,1-2H3,(H,24,26)/t20-/m0/s1. The Bertz CT molecular complexity index is 817.